The lowest BCUT2D eigenvalue weighted by atomic mass is 9.49. The predicted octanol–water partition coefficient (Wildman–Crippen LogP) is 6.15. The van der Waals surface area contributed by atoms with Gasteiger partial charge >= 0.3 is 0 Å². The van der Waals surface area contributed by atoms with Crippen LogP contribution in [0.1, 0.15) is 57.9 Å². The summed E-state index contributed by atoms with van der Waals surface area (Å²) in [5.41, 5.74) is 5.57. The van der Waals surface area contributed by atoms with Gasteiger partial charge in [0.15, 0.2) is 0 Å². The van der Waals surface area contributed by atoms with Gasteiger partial charge in [0.1, 0.15) is 0 Å². The highest BCUT2D eigenvalue weighted by Crippen LogP contribution is 2.66. The summed E-state index contributed by atoms with van der Waals surface area (Å²) in [7, 11) is 4.19. The summed E-state index contributed by atoms with van der Waals surface area (Å²) in [4.78, 5) is 22.1. The molecule has 0 unspecified atom stereocenters. The van der Waals surface area contributed by atoms with E-state index in [1.807, 2.05) is 0 Å². The molecule has 1 aromatic carbocycles. The molecule has 4 heteroatoms. The van der Waals surface area contributed by atoms with Gasteiger partial charge in [-0.05, 0) is 92.6 Å². The standard InChI is InChI=1S/C31H39N3O/c1-30-15-13-26-23(9-12-28-31(26,2)16-14-29(35)34(28)18-17-33(3)4)25(30)11-10-24(30)22-19-21-7-5-6-8-27(21)32-20-22/h5-8,10,12,19-20,23,25-26H,9,11,13-18H2,1-4H3/t23-,25-,26-,30+,31+/m0/s1. The molecule has 1 saturated heterocycles. The van der Waals surface area contributed by atoms with E-state index in [9.17, 15) is 4.79 Å². The van der Waals surface area contributed by atoms with Crippen LogP contribution in [0, 0.1) is 28.6 Å². The Morgan fingerprint density at radius 1 is 1.06 bits per heavy atom. The number of likely N-dealkylation sites (N-methyl/N-ethyl adjacent to an activating group) is 1. The van der Waals surface area contributed by atoms with Crippen molar-refractivity contribution in [2.75, 3.05) is 27.2 Å². The van der Waals surface area contributed by atoms with Crippen molar-refractivity contribution >= 4 is 22.4 Å². The molecule has 2 fully saturated rings. The number of hydrogen-bond acceptors (Lipinski definition) is 3. The average Bonchev–Trinajstić information content (AvgIpc) is 3.20. The smallest absolute Gasteiger partial charge is 0.226 e. The molecule has 1 aromatic heterocycles. The Kier molecular flexibility index (Phi) is 5.45. The van der Waals surface area contributed by atoms with Crippen LogP contribution in [0.25, 0.3) is 16.5 Å². The maximum atomic E-state index is 12.9. The minimum Gasteiger partial charge on any atom is -0.315 e. The number of amides is 1. The Bertz CT molecular complexity index is 1230. The van der Waals surface area contributed by atoms with Gasteiger partial charge in [0.25, 0.3) is 0 Å². The third-order valence-electron chi connectivity index (χ3n) is 10.1. The van der Waals surface area contributed by atoms with Crippen LogP contribution < -0.4 is 0 Å². The minimum atomic E-state index is 0.123. The summed E-state index contributed by atoms with van der Waals surface area (Å²) in [5, 5.41) is 1.23. The first-order valence-electron chi connectivity index (χ1n) is 13.5. The lowest BCUT2D eigenvalue weighted by Crippen LogP contribution is -2.54. The quantitative estimate of drug-likeness (QED) is 0.539. The molecule has 2 heterocycles. The highest BCUT2D eigenvalue weighted by atomic mass is 16.2. The molecular weight excluding hydrogens is 430 g/mol. The number of fused-ring (bicyclic) bond motifs is 6. The van der Waals surface area contributed by atoms with E-state index in [1.54, 1.807) is 0 Å². The van der Waals surface area contributed by atoms with Crippen LogP contribution in [-0.2, 0) is 4.79 Å². The molecular formula is C31H39N3O. The number of benzene rings is 1. The van der Waals surface area contributed by atoms with Gasteiger partial charge in [-0.2, -0.15) is 0 Å². The largest absolute Gasteiger partial charge is 0.315 e. The summed E-state index contributed by atoms with van der Waals surface area (Å²) in [6, 6.07) is 10.8. The number of likely N-dealkylation sites (tertiary alicyclic amines) is 1. The number of para-hydroxylation sites is 1. The van der Waals surface area contributed by atoms with Gasteiger partial charge in [0, 0.05) is 42.2 Å². The van der Waals surface area contributed by atoms with Crippen molar-refractivity contribution in [2.45, 2.75) is 52.4 Å². The molecule has 0 spiro atoms. The van der Waals surface area contributed by atoms with Gasteiger partial charge in [-0.3, -0.25) is 9.78 Å². The number of pyridine rings is 1. The molecule has 4 nitrogen and oxygen atoms in total. The fourth-order valence-corrected chi connectivity index (χ4v) is 8.22. The SMILES string of the molecule is CN(C)CCN1C(=O)CC[C@@]2(C)C1=CC[C@@H]1[C@@H]2CC[C@]2(C)C(c3cnc4ccccc4c3)=CC[C@@H]12. The van der Waals surface area contributed by atoms with Crippen LogP contribution in [0.3, 0.4) is 0 Å². The molecule has 1 amide bonds. The second kappa shape index (κ2) is 8.30. The number of allylic oxidation sites excluding steroid dienone is 4. The average molecular weight is 470 g/mol. The number of carbonyl (C=O) groups is 1. The van der Waals surface area contributed by atoms with E-state index in [4.69, 9.17) is 4.98 Å². The molecule has 1 saturated carbocycles. The number of nitrogens with zero attached hydrogens (tertiary/aromatic N) is 3. The number of hydrogen-bond donors (Lipinski definition) is 0. The van der Waals surface area contributed by atoms with Gasteiger partial charge in [-0.15, -0.1) is 0 Å². The number of aromatic nitrogens is 1. The Balaban J connectivity index is 1.30. The van der Waals surface area contributed by atoms with Crippen molar-refractivity contribution in [1.29, 1.82) is 0 Å². The van der Waals surface area contributed by atoms with E-state index < -0.39 is 0 Å². The van der Waals surface area contributed by atoms with Gasteiger partial charge in [0.2, 0.25) is 5.91 Å². The fraction of sp³-hybridized carbons (Fsp3) is 0.548. The van der Waals surface area contributed by atoms with E-state index in [0.29, 0.717) is 30.1 Å². The Morgan fingerprint density at radius 3 is 2.71 bits per heavy atom. The van der Waals surface area contributed by atoms with Gasteiger partial charge < -0.3 is 9.80 Å². The summed E-state index contributed by atoms with van der Waals surface area (Å²) >= 11 is 0. The molecule has 3 aliphatic carbocycles. The van der Waals surface area contributed by atoms with Crippen molar-refractivity contribution in [3.05, 3.63) is 59.9 Å². The maximum absolute atomic E-state index is 12.9. The molecule has 6 rings (SSSR count). The normalized spacial score (nSPS) is 34.4. The third-order valence-corrected chi connectivity index (χ3v) is 10.1. The van der Waals surface area contributed by atoms with E-state index in [2.05, 4.69) is 86.4 Å². The minimum absolute atomic E-state index is 0.123. The predicted molar refractivity (Wildman–Crippen MR) is 142 cm³/mol. The highest BCUT2D eigenvalue weighted by molar-refractivity contribution is 5.84. The molecule has 5 atom stereocenters. The fourth-order valence-electron chi connectivity index (χ4n) is 8.22. The molecule has 4 aliphatic rings. The Hall–Kier alpha value is -2.46. The molecule has 2 aromatic rings. The van der Waals surface area contributed by atoms with E-state index in [0.717, 1.165) is 31.4 Å². The Morgan fingerprint density at radius 2 is 1.89 bits per heavy atom. The lowest BCUT2D eigenvalue weighted by molar-refractivity contribution is -0.137. The zero-order valence-corrected chi connectivity index (χ0v) is 21.8. The monoisotopic (exact) mass is 469 g/mol. The van der Waals surface area contributed by atoms with Crippen LogP contribution >= 0.6 is 0 Å². The van der Waals surface area contributed by atoms with Crippen molar-refractivity contribution in [2.24, 2.45) is 28.6 Å². The summed E-state index contributed by atoms with van der Waals surface area (Å²) in [6.07, 6.45) is 13.6. The van der Waals surface area contributed by atoms with Crippen molar-refractivity contribution in [3.63, 3.8) is 0 Å². The van der Waals surface area contributed by atoms with E-state index in [1.165, 1.54) is 41.5 Å². The summed E-state index contributed by atoms with van der Waals surface area (Å²) in [5.74, 6) is 2.35. The van der Waals surface area contributed by atoms with Crippen LogP contribution in [-0.4, -0.2) is 47.9 Å². The number of carbonyl (C=O) groups excluding carboxylic acids is 1. The molecule has 0 N–H and O–H groups in total. The maximum Gasteiger partial charge on any atom is 0.226 e. The van der Waals surface area contributed by atoms with Gasteiger partial charge in [-0.1, -0.05) is 44.2 Å². The second-order valence-corrected chi connectivity index (χ2v) is 12.2. The second-order valence-electron chi connectivity index (χ2n) is 12.2. The molecule has 184 valence electrons. The van der Waals surface area contributed by atoms with Crippen LogP contribution in [0.2, 0.25) is 0 Å². The summed E-state index contributed by atoms with van der Waals surface area (Å²) in [6.45, 7) is 6.73. The number of piperidine rings is 1. The van der Waals surface area contributed by atoms with Gasteiger partial charge in [0.05, 0.1) is 5.52 Å². The van der Waals surface area contributed by atoms with Crippen LogP contribution in [0.15, 0.2) is 54.4 Å². The summed E-state index contributed by atoms with van der Waals surface area (Å²) < 4.78 is 0. The lowest BCUT2D eigenvalue weighted by Gasteiger charge is -2.58. The van der Waals surface area contributed by atoms with Crippen LogP contribution in [0.5, 0.6) is 0 Å². The van der Waals surface area contributed by atoms with Crippen LogP contribution in [0.4, 0.5) is 0 Å². The highest BCUT2D eigenvalue weighted by Gasteiger charge is 2.58. The number of rotatable bonds is 4. The van der Waals surface area contributed by atoms with Crippen molar-refractivity contribution < 1.29 is 4.79 Å². The van der Waals surface area contributed by atoms with E-state index >= 15 is 0 Å². The molecule has 0 bridgehead atoms. The Labute approximate surface area is 210 Å². The molecule has 0 radical (unpaired) electrons. The van der Waals surface area contributed by atoms with Gasteiger partial charge in [-0.25, -0.2) is 0 Å². The zero-order valence-electron chi connectivity index (χ0n) is 21.8. The first kappa shape index (κ1) is 23.0. The first-order valence-corrected chi connectivity index (χ1v) is 13.5. The van der Waals surface area contributed by atoms with E-state index in [-0.39, 0.29) is 10.8 Å². The third kappa shape index (κ3) is 3.51. The zero-order chi connectivity index (χ0) is 24.4. The van der Waals surface area contributed by atoms with Crippen molar-refractivity contribution in [1.82, 2.24) is 14.8 Å². The molecule has 1 aliphatic heterocycles. The first-order chi connectivity index (χ1) is 16.8. The van der Waals surface area contributed by atoms with Crippen molar-refractivity contribution in [3.8, 4) is 0 Å². The topological polar surface area (TPSA) is 36.4 Å². The molecule has 35 heavy (non-hydrogen) atoms.